The Morgan fingerprint density at radius 3 is 2.85 bits per heavy atom. The summed E-state index contributed by atoms with van der Waals surface area (Å²) in [7, 11) is 0. The molecule has 3 aromatic rings. The van der Waals surface area contributed by atoms with E-state index in [1.54, 1.807) is 0 Å². The predicted octanol–water partition coefficient (Wildman–Crippen LogP) is 2.72. The Morgan fingerprint density at radius 1 is 1.35 bits per heavy atom. The zero-order valence-electron chi connectivity index (χ0n) is 11.1. The van der Waals surface area contributed by atoms with Gasteiger partial charge in [-0.15, -0.1) is 0 Å². The summed E-state index contributed by atoms with van der Waals surface area (Å²) < 4.78 is 5.68. The zero-order valence-corrected chi connectivity index (χ0v) is 11.1. The van der Waals surface area contributed by atoms with Crippen LogP contribution in [0.3, 0.4) is 0 Å². The first kappa shape index (κ1) is 12.5. The number of nitrogens with one attached hydrogen (secondary N) is 1. The number of furan rings is 1. The number of hydrogen-bond acceptors (Lipinski definition) is 4. The maximum atomic E-state index is 12.0. The molecule has 0 aliphatic carbocycles. The fourth-order valence-corrected chi connectivity index (χ4v) is 2.22. The van der Waals surface area contributed by atoms with Crippen LogP contribution in [0.2, 0.25) is 0 Å². The van der Waals surface area contributed by atoms with Crippen molar-refractivity contribution < 1.29 is 4.42 Å². The van der Waals surface area contributed by atoms with Crippen LogP contribution in [-0.2, 0) is 6.42 Å². The third-order valence-electron chi connectivity index (χ3n) is 3.21. The van der Waals surface area contributed by atoms with Gasteiger partial charge in [-0.25, -0.2) is 4.98 Å². The smallest absolute Gasteiger partial charge is 0.256 e. The standard InChI is InChI=1S/C15H15N3O2/c1-2-5-10-13(16)17-14(18-15(10)19)12-8-9-6-3-4-7-11(9)20-12/h3-4,6-8H,2,5H2,1H3,(H3,16,17,18,19). The highest BCUT2D eigenvalue weighted by Gasteiger charge is 2.12. The summed E-state index contributed by atoms with van der Waals surface area (Å²) in [5, 5.41) is 0.960. The fraction of sp³-hybridized carbons (Fsp3) is 0.200. The molecule has 2 heterocycles. The lowest BCUT2D eigenvalue weighted by molar-refractivity contribution is 0.624. The van der Waals surface area contributed by atoms with E-state index in [1.165, 1.54) is 0 Å². The summed E-state index contributed by atoms with van der Waals surface area (Å²) >= 11 is 0. The third-order valence-corrected chi connectivity index (χ3v) is 3.21. The maximum Gasteiger partial charge on any atom is 0.256 e. The van der Waals surface area contributed by atoms with Crippen molar-refractivity contribution in [3.63, 3.8) is 0 Å². The maximum absolute atomic E-state index is 12.0. The van der Waals surface area contributed by atoms with Crippen molar-refractivity contribution in [3.8, 4) is 11.6 Å². The second-order valence-electron chi connectivity index (χ2n) is 4.68. The Kier molecular flexibility index (Phi) is 3.02. The topological polar surface area (TPSA) is 84.9 Å². The van der Waals surface area contributed by atoms with E-state index in [9.17, 15) is 4.79 Å². The second-order valence-corrected chi connectivity index (χ2v) is 4.68. The van der Waals surface area contributed by atoms with Crippen molar-refractivity contribution in [1.82, 2.24) is 9.97 Å². The average molecular weight is 269 g/mol. The van der Waals surface area contributed by atoms with E-state index in [2.05, 4.69) is 9.97 Å². The van der Waals surface area contributed by atoms with E-state index in [-0.39, 0.29) is 11.4 Å². The van der Waals surface area contributed by atoms with Gasteiger partial charge in [-0.1, -0.05) is 31.5 Å². The van der Waals surface area contributed by atoms with Gasteiger partial charge in [0, 0.05) is 5.39 Å². The highest BCUT2D eigenvalue weighted by atomic mass is 16.3. The molecule has 0 saturated carbocycles. The van der Waals surface area contributed by atoms with E-state index in [0.29, 0.717) is 23.6 Å². The van der Waals surface area contributed by atoms with Crippen LogP contribution in [0.4, 0.5) is 5.82 Å². The van der Waals surface area contributed by atoms with Crippen LogP contribution in [0.5, 0.6) is 0 Å². The summed E-state index contributed by atoms with van der Waals surface area (Å²) in [4.78, 5) is 19.0. The van der Waals surface area contributed by atoms with Crippen LogP contribution in [0, 0.1) is 0 Å². The number of para-hydroxylation sites is 1. The lowest BCUT2D eigenvalue weighted by Gasteiger charge is -2.04. The van der Waals surface area contributed by atoms with Crippen LogP contribution in [0.1, 0.15) is 18.9 Å². The van der Waals surface area contributed by atoms with Gasteiger partial charge in [0.05, 0.1) is 5.56 Å². The molecule has 5 heteroatoms. The molecule has 1 aromatic carbocycles. The molecular formula is C15H15N3O2. The van der Waals surface area contributed by atoms with Crippen LogP contribution in [0.25, 0.3) is 22.6 Å². The van der Waals surface area contributed by atoms with Gasteiger partial charge < -0.3 is 15.1 Å². The third kappa shape index (κ3) is 2.07. The van der Waals surface area contributed by atoms with Crippen molar-refractivity contribution >= 4 is 16.8 Å². The molecule has 0 saturated heterocycles. The quantitative estimate of drug-likeness (QED) is 0.765. The van der Waals surface area contributed by atoms with Crippen molar-refractivity contribution in [2.75, 3.05) is 5.73 Å². The van der Waals surface area contributed by atoms with Crippen LogP contribution >= 0.6 is 0 Å². The number of anilines is 1. The van der Waals surface area contributed by atoms with Gasteiger partial charge in [-0.05, 0) is 18.6 Å². The number of nitrogen functional groups attached to an aromatic ring is 1. The first-order valence-corrected chi connectivity index (χ1v) is 6.56. The highest BCUT2D eigenvalue weighted by Crippen LogP contribution is 2.25. The number of rotatable bonds is 3. The van der Waals surface area contributed by atoms with Crippen molar-refractivity contribution in [3.05, 3.63) is 46.2 Å². The molecule has 0 atom stereocenters. The molecule has 0 amide bonds. The van der Waals surface area contributed by atoms with Gasteiger partial charge in [-0.2, -0.15) is 0 Å². The summed E-state index contributed by atoms with van der Waals surface area (Å²) in [6.45, 7) is 1.99. The van der Waals surface area contributed by atoms with E-state index >= 15 is 0 Å². The molecule has 0 fully saturated rings. The minimum atomic E-state index is -0.199. The summed E-state index contributed by atoms with van der Waals surface area (Å²) in [6.07, 6.45) is 1.47. The molecule has 20 heavy (non-hydrogen) atoms. The minimum absolute atomic E-state index is 0.199. The molecule has 0 radical (unpaired) electrons. The normalized spacial score (nSPS) is 11.1. The lowest BCUT2D eigenvalue weighted by atomic mass is 10.2. The van der Waals surface area contributed by atoms with E-state index in [1.807, 2.05) is 37.3 Å². The Balaban J connectivity index is 2.12. The largest absolute Gasteiger partial charge is 0.453 e. The molecule has 102 valence electrons. The van der Waals surface area contributed by atoms with E-state index < -0.39 is 0 Å². The second kappa shape index (κ2) is 4.85. The Morgan fingerprint density at radius 2 is 2.15 bits per heavy atom. The van der Waals surface area contributed by atoms with Crippen molar-refractivity contribution in [1.29, 1.82) is 0 Å². The van der Waals surface area contributed by atoms with Crippen LogP contribution < -0.4 is 11.3 Å². The fourth-order valence-electron chi connectivity index (χ4n) is 2.22. The zero-order chi connectivity index (χ0) is 14.1. The number of H-pyrrole nitrogens is 1. The number of aromatic amines is 1. The molecule has 0 aliphatic rings. The average Bonchev–Trinajstić information content (AvgIpc) is 2.86. The molecule has 0 bridgehead atoms. The Hall–Kier alpha value is -2.56. The van der Waals surface area contributed by atoms with Gasteiger partial charge in [0.2, 0.25) is 0 Å². The number of aromatic nitrogens is 2. The molecule has 5 nitrogen and oxygen atoms in total. The van der Waals surface area contributed by atoms with E-state index in [0.717, 1.165) is 17.4 Å². The minimum Gasteiger partial charge on any atom is -0.453 e. The monoisotopic (exact) mass is 269 g/mol. The number of hydrogen-bond donors (Lipinski definition) is 2. The molecule has 0 unspecified atom stereocenters. The molecule has 0 aliphatic heterocycles. The van der Waals surface area contributed by atoms with Crippen molar-refractivity contribution in [2.24, 2.45) is 0 Å². The van der Waals surface area contributed by atoms with Crippen molar-refractivity contribution in [2.45, 2.75) is 19.8 Å². The summed E-state index contributed by atoms with van der Waals surface area (Å²) in [5.74, 6) is 1.15. The number of nitrogens with zero attached hydrogens (tertiary/aromatic N) is 1. The van der Waals surface area contributed by atoms with E-state index in [4.69, 9.17) is 10.2 Å². The Labute approximate surface area is 115 Å². The predicted molar refractivity (Wildman–Crippen MR) is 78.5 cm³/mol. The lowest BCUT2D eigenvalue weighted by Crippen LogP contribution is -2.18. The summed E-state index contributed by atoms with van der Waals surface area (Å²) in [5.41, 5.74) is 6.95. The Bertz CT molecular complexity index is 784. The van der Waals surface area contributed by atoms with Gasteiger partial charge in [0.15, 0.2) is 11.6 Å². The van der Waals surface area contributed by atoms with Gasteiger partial charge in [0.25, 0.3) is 5.56 Å². The first-order valence-electron chi connectivity index (χ1n) is 6.56. The van der Waals surface area contributed by atoms with Crippen LogP contribution in [-0.4, -0.2) is 9.97 Å². The first-order chi connectivity index (χ1) is 9.69. The molecule has 2 aromatic heterocycles. The van der Waals surface area contributed by atoms with Gasteiger partial charge in [0.1, 0.15) is 11.4 Å². The number of nitrogens with two attached hydrogens (primary N) is 1. The van der Waals surface area contributed by atoms with Crippen LogP contribution in [0.15, 0.2) is 39.5 Å². The summed E-state index contributed by atoms with van der Waals surface area (Å²) in [6, 6.07) is 9.47. The molecular weight excluding hydrogens is 254 g/mol. The van der Waals surface area contributed by atoms with Gasteiger partial charge >= 0.3 is 0 Å². The highest BCUT2D eigenvalue weighted by molar-refractivity contribution is 5.81. The molecule has 3 rings (SSSR count). The van der Waals surface area contributed by atoms with Gasteiger partial charge in [-0.3, -0.25) is 4.79 Å². The number of benzene rings is 1. The SMILES string of the molecule is CCCc1c(N)nc(-c2cc3ccccc3o2)[nH]c1=O. The number of fused-ring (bicyclic) bond motifs is 1. The molecule has 3 N–H and O–H groups in total. The molecule has 0 spiro atoms.